The van der Waals surface area contributed by atoms with Gasteiger partial charge in [0.05, 0.1) is 0 Å². The highest BCUT2D eigenvalue weighted by Crippen LogP contribution is 2.21. The first-order valence-electron chi connectivity index (χ1n) is 9.40. The normalized spacial score (nSPS) is 14.6. The molecule has 2 heterocycles. The zero-order valence-corrected chi connectivity index (χ0v) is 15.5. The van der Waals surface area contributed by atoms with Crippen molar-refractivity contribution in [3.63, 3.8) is 0 Å². The van der Waals surface area contributed by atoms with Gasteiger partial charge in [-0.25, -0.2) is 4.98 Å². The minimum absolute atomic E-state index is 0.0293. The van der Waals surface area contributed by atoms with Crippen LogP contribution in [0.4, 0.5) is 5.95 Å². The molecular formula is C21H24N4O2. The van der Waals surface area contributed by atoms with Crippen LogP contribution < -0.4 is 9.64 Å². The molecule has 1 amide bonds. The Morgan fingerprint density at radius 2 is 1.85 bits per heavy atom. The van der Waals surface area contributed by atoms with E-state index >= 15 is 0 Å². The molecule has 0 unspecified atom stereocenters. The number of aromatic nitrogens is 2. The van der Waals surface area contributed by atoms with E-state index in [2.05, 4.69) is 27.4 Å². The van der Waals surface area contributed by atoms with Crippen molar-refractivity contribution in [3.05, 3.63) is 54.9 Å². The number of ether oxygens (including phenoxy) is 1. The van der Waals surface area contributed by atoms with Crippen molar-refractivity contribution >= 4 is 22.6 Å². The third-order valence-electron chi connectivity index (χ3n) is 5.03. The number of anilines is 1. The number of fused-ring (bicyclic) bond motifs is 1. The van der Waals surface area contributed by atoms with Crippen molar-refractivity contribution < 1.29 is 9.53 Å². The average molecular weight is 364 g/mol. The van der Waals surface area contributed by atoms with Crippen LogP contribution in [0.1, 0.15) is 6.92 Å². The van der Waals surface area contributed by atoms with Crippen molar-refractivity contribution in [3.8, 4) is 5.75 Å². The van der Waals surface area contributed by atoms with E-state index in [1.165, 1.54) is 0 Å². The number of nitrogens with zero attached hydrogens (tertiary/aromatic N) is 4. The molecular weight excluding hydrogens is 340 g/mol. The molecule has 0 spiro atoms. The first kappa shape index (κ1) is 17.4. The number of aryl methyl sites for hydroxylation is 1. The molecule has 1 aliphatic rings. The Labute approximate surface area is 159 Å². The summed E-state index contributed by atoms with van der Waals surface area (Å²) in [4.78, 5) is 21.1. The van der Waals surface area contributed by atoms with Gasteiger partial charge in [-0.05, 0) is 29.8 Å². The molecule has 0 radical (unpaired) electrons. The summed E-state index contributed by atoms with van der Waals surface area (Å²) < 4.78 is 7.87. The van der Waals surface area contributed by atoms with Crippen LogP contribution in [0, 0.1) is 0 Å². The number of hydrogen-bond donors (Lipinski definition) is 0. The zero-order valence-electron chi connectivity index (χ0n) is 15.5. The van der Waals surface area contributed by atoms with Gasteiger partial charge >= 0.3 is 0 Å². The Morgan fingerprint density at radius 1 is 1.07 bits per heavy atom. The van der Waals surface area contributed by atoms with E-state index in [1.807, 2.05) is 53.7 Å². The van der Waals surface area contributed by atoms with Gasteiger partial charge in [0.15, 0.2) is 6.61 Å². The van der Waals surface area contributed by atoms with Crippen LogP contribution in [0.3, 0.4) is 0 Å². The number of benzene rings is 2. The summed E-state index contributed by atoms with van der Waals surface area (Å²) in [5, 5.41) is 2.28. The van der Waals surface area contributed by atoms with E-state index in [4.69, 9.17) is 4.74 Å². The number of amides is 1. The molecule has 6 nitrogen and oxygen atoms in total. The number of imidazole rings is 1. The second kappa shape index (κ2) is 7.70. The minimum atomic E-state index is 0.0293. The van der Waals surface area contributed by atoms with E-state index in [9.17, 15) is 4.79 Å². The zero-order chi connectivity index (χ0) is 18.6. The molecule has 0 atom stereocenters. The van der Waals surface area contributed by atoms with Crippen LogP contribution in [0.5, 0.6) is 5.75 Å². The fourth-order valence-electron chi connectivity index (χ4n) is 3.48. The van der Waals surface area contributed by atoms with Crippen LogP contribution in [0.25, 0.3) is 10.8 Å². The van der Waals surface area contributed by atoms with Gasteiger partial charge in [0, 0.05) is 45.1 Å². The number of carbonyl (C=O) groups excluding carboxylic acids is 1. The Kier molecular flexibility index (Phi) is 4.96. The number of piperazine rings is 1. The van der Waals surface area contributed by atoms with Gasteiger partial charge in [0.1, 0.15) is 5.75 Å². The molecule has 0 bridgehead atoms. The Bertz CT molecular complexity index is 929. The topological polar surface area (TPSA) is 50.6 Å². The first-order chi connectivity index (χ1) is 13.2. The molecule has 0 saturated carbocycles. The predicted molar refractivity (Wildman–Crippen MR) is 106 cm³/mol. The fraction of sp³-hybridized carbons (Fsp3) is 0.333. The summed E-state index contributed by atoms with van der Waals surface area (Å²) in [5.74, 6) is 1.74. The highest BCUT2D eigenvalue weighted by Gasteiger charge is 2.23. The summed E-state index contributed by atoms with van der Waals surface area (Å²) in [7, 11) is 0. The molecule has 140 valence electrons. The fourth-order valence-corrected chi connectivity index (χ4v) is 3.48. The standard InChI is InChI=1S/C21H24N4O2/c1-2-23-10-9-22-21(23)25-13-11-24(12-14-25)20(26)16-27-19-8-7-17-5-3-4-6-18(17)15-19/h3-10,15H,2,11-14,16H2,1H3. The summed E-state index contributed by atoms with van der Waals surface area (Å²) >= 11 is 0. The maximum absolute atomic E-state index is 12.5. The maximum Gasteiger partial charge on any atom is 0.260 e. The predicted octanol–water partition coefficient (Wildman–Crippen LogP) is 2.78. The molecule has 6 heteroatoms. The third kappa shape index (κ3) is 3.74. The van der Waals surface area contributed by atoms with Crippen molar-refractivity contribution in [2.75, 3.05) is 37.7 Å². The van der Waals surface area contributed by atoms with E-state index in [1.54, 1.807) is 0 Å². The number of carbonyl (C=O) groups is 1. The maximum atomic E-state index is 12.5. The lowest BCUT2D eigenvalue weighted by Crippen LogP contribution is -2.50. The third-order valence-corrected chi connectivity index (χ3v) is 5.03. The van der Waals surface area contributed by atoms with E-state index in [0.29, 0.717) is 13.1 Å². The Balaban J connectivity index is 1.31. The highest BCUT2D eigenvalue weighted by molar-refractivity contribution is 5.84. The molecule has 0 N–H and O–H groups in total. The summed E-state index contributed by atoms with van der Waals surface area (Å²) in [6.45, 7) is 6.04. The average Bonchev–Trinajstić information content (AvgIpc) is 3.21. The van der Waals surface area contributed by atoms with Crippen LogP contribution in [0.15, 0.2) is 54.9 Å². The van der Waals surface area contributed by atoms with Gasteiger partial charge in [-0.15, -0.1) is 0 Å². The van der Waals surface area contributed by atoms with E-state index in [0.717, 1.165) is 42.1 Å². The molecule has 4 rings (SSSR count). The summed E-state index contributed by atoms with van der Waals surface area (Å²) in [5.41, 5.74) is 0. The Hall–Kier alpha value is -3.02. The summed E-state index contributed by atoms with van der Waals surface area (Å²) in [6.07, 6.45) is 3.82. The first-order valence-corrected chi connectivity index (χ1v) is 9.40. The lowest BCUT2D eigenvalue weighted by atomic mass is 10.1. The molecule has 27 heavy (non-hydrogen) atoms. The van der Waals surface area contributed by atoms with E-state index in [-0.39, 0.29) is 12.5 Å². The second-order valence-electron chi connectivity index (χ2n) is 6.68. The van der Waals surface area contributed by atoms with Crippen molar-refractivity contribution in [2.24, 2.45) is 0 Å². The van der Waals surface area contributed by atoms with Crippen LogP contribution in [-0.2, 0) is 11.3 Å². The van der Waals surface area contributed by atoms with Crippen LogP contribution in [0.2, 0.25) is 0 Å². The largest absolute Gasteiger partial charge is 0.484 e. The smallest absolute Gasteiger partial charge is 0.260 e. The monoisotopic (exact) mass is 364 g/mol. The van der Waals surface area contributed by atoms with Crippen LogP contribution >= 0.6 is 0 Å². The van der Waals surface area contributed by atoms with Crippen molar-refractivity contribution in [2.45, 2.75) is 13.5 Å². The lowest BCUT2D eigenvalue weighted by Gasteiger charge is -2.35. The van der Waals surface area contributed by atoms with Crippen LogP contribution in [-0.4, -0.2) is 53.1 Å². The molecule has 0 aliphatic carbocycles. The van der Waals surface area contributed by atoms with Gasteiger partial charge in [0.2, 0.25) is 5.95 Å². The number of hydrogen-bond acceptors (Lipinski definition) is 4. The van der Waals surface area contributed by atoms with E-state index < -0.39 is 0 Å². The van der Waals surface area contributed by atoms with Gasteiger partial charge in [-0.3, -0.25) is 4.79 Å². The second-order valence-corrected chi connectivity index (χ2v) is 6.68. The molecule has 1 aromatic heterocycles. The van der Waals surface area contributed by atoms with Gasteiger partial charge < -0.3 is 19.1 Å². The Morgan fingerprint density at radius 3 is 2.63 bits per heavy atom. The molecule has 1 fully saturated rings. The minimum Gasteiger partial charge on any atom is -0.484 e. The SMILES string of the molecule is CCn1ccnc1N1CCN(C(=O)COc2ccc3ccccc3c2)CC1. The molecule has 2 aromatic carbocycles. The highest BCUT2D eigenvalue weighted by atomic mass is 16.5. The molecule has 1 saturated heterocycles. The molecule has 3 aromatic rings. The lowest BCUT2D eigenvalue weighted by molar-refractivity contribution is -0.133. The van der Waals surface area contributed by atoms with Gasteiger partial charge in [0.25, 0.3) is 5.91 Å². The molecule has 1 aliphatic heterocycles. The number of rotatable bonds is 5. The van der Waals surface area contributed by atoms with Gasteiger partial charge in [-0.1, -0.05) is 30.3 Å². The van der Waals surface area contributed by atoms with Crippen molar-refractivity contribution in [1.82, 2.24) is 14.5 Å². The van der Waals surface area contributed by atoms with Crippen molar-refractivity contribution in [1.29, 1.82) is 0 Å². The van der Waals surface area contributed by atoms with Gasteiger partial charge in [-0.2, -0.15) is 0 Å². The summed E-state index contributed by atoms with van der Waals surface area (Å²) in [6, 6.07) is 14.0. The quantitative estimate of drug-likeness (QED) is 0.699.